The Labute approximate surface area is 110 Å². The molecule has 1 aliphatic heterocycles. The van der Waals surface area contributed by atoms with Gasteiger partial charge in [0.15, 0.2) is 0 Å². The van der Waals surface area contributed by atoms with Crippen molar-refractivity contribution in [3.05, 3.63) is 18.1 Å². The zero-order valence-corrected chi connectivity index (χ0v) is 11.7. The summed E-state index contributed by atoms with van der Waals surface area (Å²) in [5.41, 5.74) is 1.02. The number of anilines is 1. The largest absolute Gasteiger partial charge is 0.351 e. The van der Waals surface area contributed by atoms with Gasteiger partial charge in [0.2, 0.25) is 0 Å². The second-order valence-electron chi connectivity index (χ2n) is 5.36. The second-order valence-corrected chi connectivity index (χ2v) is 5.36. The molecule has 0 aliphatic carbocycles. The fourth-order valence-corrected chi connectivity index (χ4v) is 2.54. The molecule has 1 aromatic rings. The van der Waals surface area contributed by atoms with E-state index in [1.165, 1.54) is 19.3 Å². The lowest BCUT2D eigenvalue weighted by Gasteiger charge is -2.34. The topological polar surface area (TPSA) is 41.1 Å². The Morgan fingerprint density at radius 2 is 2.11 bits per heavy atom. The number of nitrogens with zero attached hydrogens (tertiary/aromatic N) is 3. The van der Waals surface area contributed by atoms with Gasteiger partial charge in [0, 0.05) is 31.0 Å². The van der Waals surface area contributed by atoms with Crippen LogP contribution in [-0.4, -0.2) is 35.1 Å². The van der Waals surface area contributed by atoms with Crippen LogP contribution in [0, 0.1) is 6.92 Å². The quantitative estimate of drug-likeness (QED) is 0.886. The van der Waals surface area contributed by atoms with Crippen molar-refractivity contribution in [1.29, 1.82) is 0 Å². The Kier molecular flexibility index (Phi) is 4.53. The van der Waals surface area contributed by atoms with Crippen LogP contribution in [0.25, 0.3) is 0 Å². The molecule has 1 N–H and O–H groups in total. The van der Waals surface area contributed by atoms with Crippen LogP contribution in [0.2, 0.25) is 0 Å². The lowest BCUT2D eigenvalue weighted by molar-refractivity contribution is 0.392. The number of aryl methyl sites for hydroxylation is 1. The molecule has 0 bridgehead atoms. The van der Waals surface area contributed by atoms with Gasteiger partial charge in [0.25, 0.3) is 0 Å². The maximum atomic E-state index is 4.50. The molecular formula is C14H24N4. The van der Waals surface area contributed by atoms with Gasteiger partial charge in [0.05, 0.1) is 5.69 Å². The number of piperidine rings is 1. The molecule has 1 atom stereocenters. The molecule has 0 radical (unpaired) electrons. The summed E-state index contributed by atoms with van der Waals surface area (Å²) in [7, 11) is 0. The third kappa shape index (κ3) is 3.19. The molecule has 0 amide bonds. The zero-order valence-electron chi connectivity index (χ0n) is 11.7. The molecule has 0 saturated carbocycles. The summed E-state index contributed by atoms with van der Waals surface area (Å²) in [4.78, 5) is 11.2. The first-order valence-corrected chi connectivity index (χ1v) is 6.96. The summed E-state index contributed by atoms with van der Waals surface area (Å²) in [6, 6.07) is 1.03. The van der Waals surface area contributed by atoms with Gasteiger partial charge >= 0.3 is 0 Å². The van der Waals surface area contributed by atoms with E-state index in [1.54, 1.807) is 12.4 Å². The van der Waals surface area contributed by atoms with E-state index in [-0.39, 0.29) is 0 Å². The average Bonchev–Trinajstić information content (AvgIpc) is 2.38. The van der Waals surface area contributed by atoms with Gasteiger partial charge in [-0.25, -0.2) is 4.98 Å². The van der Waals surface area contributed by atoms with Crippen LogP contribution in [-0.2, 0) is 0 Å². The van der Waals surface area contributed by atoms with Crippen molar-refractivity contribution in [2.45, 2.75) is 52.1 Å². The normalized spacial score (nSPS) is 20.1. The van der Waals surface area contributed by atoms with Crippen molar-refractivity contribution in [3.8, 4) is 0 Å². The molecule has 2 heterocycles. The van der Waals surface area contributed by atoms with E-state index >= 15 is 0 Å². The minimum absolute atomic E-state index is 0.448. The van der Waals surface area contributed by atoms with Crippen LogP contribution in [0.4, 0.5) is 5.82 Å². The van der Waals surface area contributed by atoms with Gasteiger partial charge in [0.1, 0.15) is 5.82 Å². The van der Waals surface area contributed by atoms with E-state index in [1.807, 2.05) is 6.92 Å². The Morgan fingerprint density at radius 3 is 2.72 bits per heavy atom. The van der Waals surface area contributed by atoms with Crippen LogP contribution in [0.5, 0.6) is 0 Å². The number of nitrogens with one attached hydrogen (secondary N) is 1. The van der Waals surface area contributed by atoms with E-state index < -0.39 is 0 Å². The highest BCUT2D eigenvalue weighted by Crippen LogP contribution is 2.19. The van der Waals surface area contributed by atoms with Crippen LogP contribution in [0.1, 0.15) is 38.8 Å². The van der Waals surface area contributed by atoms with E-state index in [0.717, 1.165) is 24.6 Å². The van der Waals surface area contributed by atoms with E-state index in [0.29, 0.717) is 12.1 Å². The molecule has 2 rings (SSSR count). The van der Waals surface area contributed by atoms with Crippen LogP contribution in [0.15, 0.2) is 12.4 Å². The first-order chi connectivity index (χ1) is 8.68. The summed E-state index contributed by atoms with van der Waals surface area (Å²) in [5, 5.41) is 3.60. The minimum atomic E-state index is 0.448. The van der Waals surface area contributed by atoms with E-state index in [2.05, 4.69) is 34.0 Å². The molecule has 100 valence electrons. The smallest absolute Gasteiger partial charge is 0.150 e. The summed E-state index contributed by atoms with van der Waals surface area (Å²) in [5.74, 6) is 1.03. The fourth-order valence-electron chi connectivity index (χ4n) is 2.54. The minimum Gasteiger partial charge on any atom is -0.351 e. The zero-order chi connectivity index (χ0) is 13.0. The van der Waals surface area contributed by atoms with Crippen LogP contribution < -0.4 is 10.2 Å². The number of hydrogen-bond acceptors (Lipinski definition) is 4. The molecule has 0 spiro atoms. The molecule has 4 nitrogen and oxygen atoms in total. The summed E-state index contributed by atoms with van der Waals surface area (Å²) >= 11 is 0. The molecule has 4 heteroatoms. The Hall–Kier alpha value is -1.16. The molecule has 18 heavy (non-hydrogen) atoms. The molecule has 1 unspecified atom stereocenters. The fraction of sp³-hybridized carbons (Fsp3) is 0.714. The lowest BCUT2D eigenvalue weighted by atomic mass is 10.0. The van der Waals surface area contributed by atoms with Gasteiger partial charge in [-0.15, -0.1) is 0 Å². The van der Waals surface area contributed by atoms with E-state index in [4.69, 9.17) is 0 Å². The Morgan fingerprint density at radius 1 is 1.33 bits per heavy atom. The average molecular weight is 248 g/mol. The Balaban J connectivity index is 2.10. The summed E-state index contributed by atoms with van der Waals surface area (Å²) in [6.45, 7) is 8.65. The summed E-state index contributed by atoms with van der Waals surface area (Å²) < 4.78 is 0. The van der Waals surface area contributed by atoms with Gasteiger partial charge < -0.3 is 10.2 Å². The van der Waals surface area contributed by atoms with Crippen molar-refractivity contribution in [1.82, 2.24) is 15.3 Å². The van der Waals surface area contributed by atoms with Crippen molar-refractivity contribution in [2.24, 2.45) is 0 Å². The monoisotopic (exact) mass is 248 g/mol. The van der Waals surface area contributed by atoms with Crippen molar-refractivity contribution in [2.75, 3.05) is 18.0 Å². The number of rotatable bonds is 4. The van der Waals surface area contributed by atoms with Crippen molar-refractivity contribution >= 4 is 5.82 Å². The van der Waals surface area contributed by atoms with Crippen LogP contribution >= 0.6 is 0 Å². The number of aromatic nitrogens is 2. The predicted octanol–water partition coefficient (Wildman–Crippen LogP) is 2.14. The summed E-state index contributed by atoms with van der Waals surface area (Å²) in [6.07, 6.45) is 7.45. The first-order valence-electron chi connectivity index (χ1n) is 6.96. The molecule has 1 fully saturated rings. The molecule has 1 aliphatic rings. The van der Waals surface area contributed by atoms with Gasteiger partial charge in [-0.3, -0.25) is 4.98 Å². The lowest BCUT2D eigenvalue weighted by Crippen LogP contribution is -2.46. The molecule has 1 saturated heterocycles. The SMILES string of the molecule is Cc1nccnc1N(CC1CCCCN1)C(C)C. The van der Waals surface area contributed by atoms with Gasteiger partial charge in [-0.2, -0.15) is 0 Å². The maximum absolute atomic E-state index is 4.50. The van der Waals surface area contributed by atoms with Gasteiger partial charge in [-0.05, 0) is 40.2 Å². The molecule has 0 aromatic carbocycles. The maximum Gasteiger partial charge on any atom is 0.150 e. The van der Waals surface area contributed by atoms with E-state index in [9.17, 15) is 0 Å². The highest BCUT2D eigenvalue weighted by molar-refractivity contribution is 5.43. The highest BCUT2D eigenvalue weighted by Gasteiger charge is 2.21. The van der Waals surface area contributed by atoms with Crippen molar-refractivity contribution in [3.63, 3.8) is 0 Å². The second kappa shape index (κ2) is 6.14. The van der Waals surface area contributed by atoms with Crippen LogP contribution in [0.3, 0.4) is 0 Å². The first kappa shape index (κ1) is 13.3. The molecule has 1 aromatic heterocycles. The third-order valence-electron chi connectivity index (χ3n) is 3.58. The predicted molar refractivity (Wildman–Crippen MR) is 74.9 cm³/mol. The standard InChI is InChI=1S/C14H24N4/c1-11(2)18(10-13-6-4-5-7-16-13)14-12(3)15-8-9-17-14/h8-9,11,13,16H,4-7,10H2,1-3H3. The Bertz CT molecular complexity index is 372. The highest BCUT2D eigenvalue weighted by atomic mass is 15.2. The molecular weight excluding hydrogens is 224 g/mol. The third-order valence-corrected chi connectivity index (χ3v) is 3.58. The number of hydrogen-bond donors (Lipinski definition) is 1. The van der Waals surface area contributed by atoms with Crippen molar-refractivity contribution < 1.29 is 0 Å². The van der Waals surface area contributed by atoms with Gasteiger partial charge in [-0.1, -0.05) is 6.42 Å².